The number of nitrogens with zero attached hydrogens (tertiary/aromatic N) is 2. The molecular weight excluding hydrogens is 270 g/mol. The van der Waals surface area contributed by atoms with Crippen molar-refractivity contribution in [1.29, 1.82) is 0 Å². The van der Waals surface area contributed by atoms with E-state index >= 15 is 0 Å². The molecule has 2 aliphatic heterocycles. The van der Waals surface area contributed by atoms with Crippen LogP contribution in [-0.2, 0) is 9.53 Å². The summed E-state index contributed by atoms with van der Waals surface area (Å²) >= 11 is 0. The number of ether oxygens (including phenoxy) is 1. The maximum absolute atomic E-state index is 12.0. The highest BCUT2D eigenvalue weighted by Crippen LogP contribution is 2.23. The lowest BCUT2D eigenvalue weighted by atomic mass is 10.2. The summed E-state index contributed by atoms with van der Waals surface area (Å²) in [6, 6.07) is 6.86. The molecule has 21 heavy (non-hydrogen) atoms. The Balaban J connectivity index is 1.72. The minimum absolute atomic E-state index is 0.129. The standard InChI is InChI=1S/C15H19N3O3/c1-17-6-8-18(9-7-17)15-16-14(20)13(21-15)10-11-4-2-3-5-12(11)19/h2-5,10,15,19H,6-9H2,1H3,(H,16,20)/b13-10-. The fourth-order valence-electron chi connectivity index (χ4n) is 2.46. The Kier molecular flexibility index (Phi) is 3.81. The van der Waals surface area contributed by atoms with E-state index in [2.05, 4.69) is 22.2 Å². The summed E-state index contributed by atoms with van der Waals surface area (Å²) in [4.78, 5) is 16.3. The van der Waals surface area contributed by atoms with E-state index in [0.29, 0.717) is 5.56 Å². The monoisotopic (exact) mass is 289 g/mol. The summed E-state index contributed by atoms with van der Waals surface area (Å²) in [7, 11) is 2.08. The number of carbonyl (C=O) groups is 1. The molecule has 6 nitrogen and oxygen atoms in total. The van der Waals surface area contributed by atoms with E-state index in [4.69, 9.17) is 4.74 Å². The van der Waals surface area contributed by atoms with Gasteiger partial charge in [0.2, 0.25) is 6.35 Å². The molecule has 0 spiro atoms. The van der Waals surface area contributed by atoms with Gasteiger partial charge in [-0.15, -0.1) is 0 Å². The molecule has 2 aliphatic rings. The predicted octanol–water partition coefficient (Wildman–Crippen LogP) is 0.410. The van der Waals surface area contributed by atoms with E-state index in [1.807, 2.05) is 0 Å². The number of benzene rings is 1. The minimum atomic E-state index is -0.414. The molecule has 2 N–H and O–H groups in total. The second-order valence-electron chi connectivity index (χ2n) is 5.35. The van der Waals surface area contributed by atoms with Gasteiger partial charge in [-0.25, -0.2) is 4.90 Å². The van der Waals surface area contributed by atoms with Crippen LogP contribution in [0.25, 0.3) is 6.08 Å². The number of para-hydroxylation sites is 1. The number of hydrogen-bond acceptors (Lipinski definition) is 5. The van der Waals surface area contributed by atoms with Crippen molar-refractivity contribution in [2.24, 2.45) is 0 Å². The summed E-state index contributed by atoms with van der Waals surface area (Å²) in [5.41, 5.74) is 0.571. The van der Waals surface area contributed by atoms with Gasteiger partial charge in [0, 0.05) is 31.7 Å². The second kappa shape index (κ2) is 5.75. The zero-order chi connectivity index (χ0) is 14.8. The van der Waals surface area contributed by atoms with E-state index in [1.165, 1.54) is 0 Å². The molecule has 112 valence electrons. The summed E-state index contributed by atoms with van der Waals surface area (Å²) < 4.78 is 5.70. The molecule has 6 heteroatoms. The number of nitrogens with one attached hydrogen (secondary N) is 1. The topological polar surface area (TPSA) is 65.0 Å². The van der Waals surface area contributed by atoms with Crippen molar-refractivity contribution in [3.05, 3.63) is 35.6 Å². The first kappa shape index (κ1) is 13.9. The first-order valence-electron chi connectivity index (χ1n) is 7.03. The van der Waals surface area contributed by atoms with Crippen LogP contribution < -0.4 is 5.32 Å². The SMILES string of the molecule is CN1CCN(C2NC(=O)/C(=C/c3ccccc3O)O2)CC1. The van der Waals surface area contributed by atoms with E-state index < -0.39 is 6.35 Å². The summed E-state index contributed by atoms with van der Waals surface area (Å²) in [5.74, 6) is 0.118. The number of likely N-dealkylation sites (N-methyl/N-ethyl adjacent to an activating group) is 1. The van der Waals surface area contributed by atoms with Gasteiger partial charge < -0.3 is 20.1 Å². The van der Waals surface area contributed by atoms with Crippen molar-refractivity contribution in [2.75, 3.05) is 33.2 Å². The van der Waals surface area contributed by atoms with E-state index in [0.717, 1.165) is 26.2 Å². The van der Waals surface area contributed by atoms with Crippen molar-refractivity contribution >= 4 is 12.0 Å². The molecule has 2 heterocycles. The molecule has 1 aromatic rings. The normalized spacial score (nSPS) is 25.9. The molecule has 1 amide bonds. The Morgan fingerprint density at radius 3 is 2.71 bits per heavy atom. The smallest absolute Gasteiger partial charge is 0.290 e. The molecule has 0 saturated carbocycles. The minimum Gasteiger partial charge on any atom is -0.507 e. The zero-order valence-electron chi connectivity index (χ0n) is 12.0. The van der Waals surface area contributed by atoms with Gasteiger partial charge in [0.05, 0.1) is 0 Å². The van der Waals surface area contributed by atoms with Gasteiger partial charge in [-0.2, -0.15) is 0 Å². The summed E-state index contributed by atoms with van der Waals surface area (Å²) in [6.45, 7) is 3.61. The van der Waals surface area contributed by atoms with Crippen molar-refractivity contribution in [1.82, 2.24) is 15.1 Å². The lowest BCUT2D eigenvalue weighted by Crippen LogP contribution is -2.52. The van der Waals surface area contributed by atoms with Crippen molar-refractivity contribution in [3.8, 4) is 5.75 Å². The van der Waals surface area contributed by atoms with Crippen LogP contribution in [0.3, 0.4) is 0 Å². The summed E-state index contributed by atoms with van der Waals surface area (Å²) in [5, 5.41) is 12.6. The largest absolute Gasteiger partial charge is 0.507 e. The Bertz CT molecular complexity index is 565. The molecule has 3 rings (SSSR count). The predicted molar refractivity (Wildman–Crippen MR) is 78.2 cm³/mol. The van der Waals surface area contributed by atoms with Crippen LogP contribution >= 0.6 is 0 Å². The van der Waals surface area contributed by atoms with E-state index in [-0.39, 0.29) is 17.4 Å². The van der Waals surface area contributed by atoms with E-state index in [9.17, 15) is 9.90 Å². The number of phenolic OH excluding ortho intramolecular Hbond substituents is 1. The van der Waals surface area contributed by atoms with E-state index in [1.54, 1.807) is 30.3 Å². The molecule has 0 aliphatic carbocycles. The quantitative estimate of drug-likeness (QED) is 0.772. The average Bonchev–Trinajstić information content (AvgIpc) is 2.83. The van der Waals surface area contributed by atoms with Crippen LogP contribution in [0.15, 0.2) is 30.0 Å². The maximum atomic E-state index is 12.0. The average molecular weight is 289 g/mol. The Morgan fingerprint density at radius 1 is 1.29 bits per heavy atom. The highest BCUT2D eigenvalue weighted by atomic mass is 16.5. The zero-order valence-corrected chi connectivity index (χ0v) is 12.0. The molecule has 0 radical (unpaired) electrons. The fraction of sp³-hybridized carbons (Fsp3) is 0.400. The first-order chi connectivity index (χ1) is 10.1. The molecule has 1 unspecified atom stereocenters. The Hall–Kier alpha value is -2.05. The van der Waals surface area contributed by atoms with Crippen molar-refractivity contribution < 1.29 is 14.6 Å². The van der Waals surface area contributed by atoms with Crippen LogP contribution in [0.5, 0.6) is 5.75 Å². The van der Waals surface area contributed by atoms with Crippen molar-refractivity contribution in [3.63, 3.8) is 0 Å². The van der Waals surface area contributed by atoms with Gasteiger partial charge in [0.1, 0.15) is 5.75 Å². The van der Waals surface area contributed by atoms with Gasteiger partial charge in [-0.3, -0.25) is 4.79 Å². The molecule has 1 aromatic carbocycles. The van der Waals surface area contributed by atoms with Gasteiger partial charge in [-0.05, 0) is 19.2 Å². The third-order valence-electron chi connectivity index (χ3n) is 3.81. The van der Waals surface area contributed by atoms with Gasteiger partial charge in [-0.1, -0.05) is 18.2 Å². The second-order valence-corrected chi connectivity index (χ2v) is 5.35. The lowest BCUT2D eigenvalue weighted by molar-refractivity contribution is -0.117. The van der Waals surface area contributed by atoms with Crippen LogP contribution in [0, 0.1) is 0 Å². The number of hydrogen-bond donors (Lipinski definition) is 2. The Morgan fingerprint density at radius 2 is 2.00 bits per heavy atom. The molecular formula is C15H19N3O3. The highest BCUT2D eigenvalue weighted by Gasteiger charge is 2.33. The molecule has 0 bridgehead atoms. The van der Waals surface area contributed by atoms with Crippen LogP contribution in [-0.4, -0.2) is 60.4 Å². The molecule has 1 atom stereocenters. The number of aromatic hydroxyl groups is 1. The van der Waals surface area contributed by atoms with Crippen LogP contribution in [0.1, 0.15) is 5.56 Å². The Labute approximate surface area is 123 Å². The van der Waals surface area contributed by atoms with Crippen LogP contribution in [0.2, 0.25) is 0 Å². The molecule has 2 fully saturated rings. The number of amides is 1. The van der Waals surface area contributed by atoms with Gasteiger partial charge in [0.15, 0.2) is 5.76 Å². The van der Waals surface area contributed by atoms with Crippen LogP contribution in [0.4, 0.5) is 0 Å². The molecule has 2 saturated heterocycles. The van der Waals surface area contributed by atoms with Gasteiger partial charge >= 0.3 is 0 Å². The number of carbonyl (C=O) groups excluding carboxylic acids is 1. The van der Waals surface area contributed by atoms with Crippen molar-refractivity contribution in [2.45, 2.75) is 6.35 Å². The van der Waals surface area contributed by atoms with Gasteiger partial charge in [0.25, 0.3) is 5.91 Å². The number of rotatable bonds is 2. The number of piperazine rings is 1. The number of phenols is 1. The third-order valence-corrected chi connectivity index (χ3v) is 3.81. The third kappa shape index (κ3) is 3.01. The molecule has 0 aromatic heterocycles. The fourth-order valence-corrected chi connectivity index (χ4v) is 2.46. The highest BCUT2D eigenvalue weighted by molar-refractivity contribution is 5.97. The lowest BCUT2D eigenvalue weighted by Gasteiger charge is -2.34. The maximum Gasteiger partial charge on any atom is 0.290 e. The summed E-state index contributed by atoms with van der Waals surface area (Å²) in [6.07, 6.45) is 1.16. The first-order valence-corrected chi connectivity index (χ1v) is 7.03.